The SMILES string of the molecule is COc1ccc(-n2ccc(CN[C@@H]3CC4(CCN(C)CC4)Oc4ccccc43)n2)cc1. The molecule has 2 aliphatic heterocycles. The third-order valence-electron chi connectivity index (χ3n) is 6.61. The van der Waals surface area contributed by atoms with Crippen LogP contribution in [0.5, 0.6) is 11.5 Å². The van der Waals surface area contributed by atoms with E-state index >= 15 is 0 Å². The number of para-hydroxylation sites is 1. The van der Waals surface area contributed by atoms with Gasteiger partial charge in [0.25, 0.3) is 0 Å². The van der Waals surface area contributed by atoms with Crippen molar-refractivity contribution < 1.29 is 9.47 Å². The van der Waals surface area contributed by atoms with Gasteiger partial charge in [0.1, 0.15) is 17.1 Å². The molecule has 6 heteroatoms. The maximum Gasteiger partial charge on any atom is 0.124 e. The van der Waals surface area contributed by atoms with Crippen LogP contribution in [0.1, 0.15) is 36.6 Å². The van der Waals surface area contributed by atoms with Gasteiger partial charge >= 0.3 is 0 Å². The highest BCUT2D eigenvalue weighted by Crippen LogP contribution is 2.44. The second kappa shape index (κ2) is 8.36. The van der Waals surface area contributed by atoms with Gasteiger partial charge in [0, 0.05) is 43.9 Å². The molecule has 0 aliphatic carbocycles. The number of methoxy groups -OCH3 is 1. The Labute approximate surface area is 183 Å². The Morgan fingerprint density at radius 2 is 1.87 bits per heavy atom. The summed E-state index contributed by atoms with van der Waals surface area (Å²) in [6.07, 6.45) is 5.15. The lowest BCUT2D eigenvalue weighted by Crippen LogP contribution is -2.51. The van der Waals surface area contributed by atoms with Crippen molar-refractivity contribution in [1.29, 1.82) is 0 Å². The van der Waals surface area contributed by atoms with Crippen molar-refractivity contribution in [2.45, 2.75) is 37.5 Å². The van der Waals surface area contributed by atoms with Crippen LogP contribution in [0, 0.1) is 0 Å². The van der Waals surface area contributed by atoms with E-state index in [1.165, 1.54) is 5.56 Å². The monoisotopic (exact) mass is 418 g/mol. The highest BCUT2D eigenvalue weighted by Gasteiger charge is 2.42. The van der Waals surface area contributed by atoms with Crippen molar-refractivity contribution in [3.8, 4) is 17.2 Å². The predicted molar refractivity (Wildman–Crippen MR) is 121 cm³/mol. The molecule has 1 fully saturated rings. The van der Waals surface area contributed by atoms with Crippen LogP contribution in [0.2, 0.25) is 0 Å². The molecule has 1 saturated heterocycles. The molecule has 1 aromatic heterocycles. The zero-order chi connectivity index (χ0) is 21.3. The van der Waals surface area contributed by atoms with Crippen molar-refractivity contribution in [3.05, 3.63) is 72.1 Å². The van der Waals surface area contributed by atoms with Gasteiger partial charge in [0.2, 0.25) is 0 Å². The maximum atomic E-state index is 6.58. The van der Waals surface area contributed by atoms with Crippen LogP contribution in [0.4, 0.5) is 0 Å². The molecule has 0 bridgehead atoms. The lowest BCUT2D eigenvalue weighted by molar-refractivity contribution is -0.0205. The van der Waals surface area contributed by atoms with E-state index in [0.717, 1.165) is 61.8 Å². The Bertz CT molecular complexity index is 1020. The molecule has 3 aromatic rings. The Morgan fingerprint density at radius 1 is 1.10 bits per heavy atom. The molecule has 162 valence electrons. The number of ether oxygens (including phenoxy) is 2. The van der Waals surface area contributed by atoms with E-state index in [0.29, 0.717) is 0 Å². The molecule has 0 radical (unpaired) electrons. The summed E-state index contributed by atoms with van der Waals surface area (Å²) < 4.78 is 13.7. The van der Waals surface area contributed by atoms with E-state index in [1.807, 2.05) is 35.1 Å². The first-order chi connectivity index (χ1) is 15.1. The number of rotatable bonds is 5. The van der Waals surface area contributed by atoms with Crippen LogP contribution in [-0.4, -0.2) is 47.5 Å². The molecule has 2 aromatic carbocycles. The molecule has 31 heavy (non-hydrogen) atoms. The number of nitrogens with one attached hydrogen (secondary N) is 1. The van der Waals surface area contributed by atoms with E-state index in [-0.39, 0.29) is 11.6 Å². The van der Waals surface area contributed by atoms with Crippen LogP contribution >= 0.6 is 0 Å². The highest BCUT2D eigenvalue weighted by molar-refractivity contribution is 5.39. The molecule has 3 heterocycles. The summed E-state index contributed by atoms with van der Waals surface area (Å²) in [6, 6.07) is 18.7. The maximum absolute atomic E-state index is 6.58. The first-order valence-corrected chi connectivity index (χ1v) is 11.0. The first-order valence-electron chi connectivity index (χ1n) is 11.0. The summed E-state index contributed by atoms with van der Waals surface area (Å²) >= 11 is 0. The van der Waals surface area contributed by atoms with Crippen LogP contribution in [0.15, 0.2) is 60.8 Å². The summed E-state index contributed by atoms with van der Waals surface area (Å²) in [5.74, 6) is 1.87. The van der Waals surface area contributed by atoms with Crippen molar-refractivity contribution in [2.75, 3.05) is 27.2 Å². The standard InChI is InChI=1S/C25H30N4O2/c1-28-15-12-25(13-16-28)17-23(22-5-3-4-6-24(22)31-25)26-18-19-11-14-29(27-19)20-7-9-21(30-2)10-8-20/h3-11,14,23,26H,12-13,15-18H2,1-2H3/t23-/m1/s1. The van der Waals surface area contributed by atoms with Gasteiger partial charge in [0.05, 0.1) is 18.5 Å². The Hall–Kier alpha value is -2.83. The van der Waals surface area contributed by atoms with Crippen molar-refractivity contribution in [1.82, 2.24) is 20.0 Å². The quantitative estimate of drug-likeness (QED) is 0.680. The number of aromatic nitrogens is 2. The van der Waals surface area contributed by atoms with Gasteiger partial charge in [-0.15, -0.1) is 0 Å². The van der Waals surface area contributed by atoms with E-state index in [4.69, 9.17) is 14.6 Å². The molecular formula is C25H30N4O2. The highest BCUT2D eigenvalue weighted by atomic mass is 16.5. The van der Waals surface area contributed by atoms with Crippen LogP contribution in [-0.2, 0) is 6.54 Å². The number of hydrogen-bond donors (Lipinski definition) is 1. The fraction of sp³-hybridized carbons (Fsp3) is 0.400. The molecule has 1 N–H and O–H groups in total. The fourth-order valence-corrected chi connectivity index (χ4v) is 4.70. The largest absolute Gasteiger partial charge is 0.497 e. The molecular weight excluding hydrogens is 388 g/mol. The second-order valence-electron chi connectivity index (χ2n) is 8.71. The normalized spacial score (nSPS) is 20.3. The number of benzene rings is 2. The van der Waals surface area contributed by atoms with Crippen LogP contribution < -0.4 is 14.8 Å². The van der Waals surface area contributed by atoms with Crippen molar-refractivity contribution >= 4 is 0 Å². The van der Waals surface area contributed by atoms with Gasteiger partial charge in [0.15, 0.2) is 0 Å². The number of nitrogens with zero attached hydrogens (tertiary/aromatic N) is 3. The molecule has 6 nitrogen and oxygen atoms in total. The number of hydrogen-bond acceptors (Lipinski definition) is 5. The Balaban J connectivity index is 1.31. The lowest BCUT2D eigenvalue weighted by atomic mass is 9.80. The summed E-state index contributed by atoms with van der Waals surface area (Å²) in [7, 11) is 3.87. The Morgan fingerprint density at radius 3 is 2.65 bits per heavy atom. The summed E-state index contributed by atoms with van der Waals surface area (Å²) in [5.41, 5.74) is 3.23. The number of piperidine rings is 1. The van der Waals surface area contributed by atoms with Gasteiger partial charge in [-0.25, -0.2) is 4.68 Å². The number of fused-ring (bicyclic) bond motifs is 1. The minimum Gasteiger partial charge on any atom is -0.497 e. The zero-order valence-electron chi connectivity index (χ0n) is 18.3. The van der Waals surface area contributed by atoms with Gasteiger partial charge in [-0.3, -0.25) is 0 Å². The van der Waals surface area contributed by atoms with Gasteiger partial charge in [-0.1, -0.05) is 18.2 Å². The summed E-state index contributed by atoms with van der Waals surface area (Å²) in [5, 5.41) is 8.54. The van der Waals surface area contributed by atoms with Crippen LogP contribution in [0.3, 0.4) is 0 Å². The topological polar surface area (TPSA) is 51.5 Å². The average Bonchev–Trinajstić information content (AvgIpc) is 3.29. The van der Waals surface area contributed by atoms with Gasteiger partial charge < -0.3 is 19.7 Å². The van der Waals surface area contributed by atoms with E-state index in [9.17, 15) is 0 Å². The average molecular weight is 419 g/mol. The molecule has 1 atom stereocenters. The molecule has 0 amide bonds. The van der Waals surface area contributed by atoms with Gasteiger partial charge in [-0.05, 0) is 56.3 Å². The minimum absolute atomic E-state index is 0.0685. The van der Waals surface area contributed by atoms with E-state index in [2.05, 4.69) is 47.6 Å². The first kappa shape index (κ1) is 20.1. The number of likely N-dealkylation sites (tertiary alicyclic amines) is 1. The third-order valence-corrected chi connectivity index (χ3v) is 6.61. The molecule has 0 saturated carbocycles. The second-order valence-corrected chi connectivity index (χ2v) is 8.71. The Kier molecular flexibility index (Phi) is 5.42. The predicted octanol–water partition coefficient (Wildman–Crippen LogP) is 3.96. The molecule has 1 spiro atoms. The summed E-state index contributed by atoms with van der Waals surface area (Å²) in [6.45, 7) is 2.89. The van der Waals surface area contributed by atoms with Gasteiger partial charge in [-0.2, -0.15) is 5.10 Å². The molecule has 0 unspecified atom stereocenters. The zero-order valence-corrected chi connectivity index (χ0v) is 18.3. The fourth-order valence-electron chi connectivity index (χ4n) is 4.70. The third kappa shape index (κ3) is 4.18. The molecule has 2 aliphatic rings. The molecule has 5 rings (SSSR count). The minimum atomic E-state index is -0.0685. The van der Waals surface area contributed by atoms with Crippen molar-refractivity contribution in [2.24, 2.45) is 0 Å². The van der Waals surface area contributed by atoms with Crippen LogP contribution in [0.25, 0.3) is 5.69 Å². The summed E-state index contributed by atoms with van der Waals surface area (Å²) in [4.78, 5) is 2.39. The smallest absolute Gasteiger partial charge is 0.124 e. The lowest BCUT2D eigenvalue weighted by Gasteiger charge is -2.46. The van der Waals surface area contributed by atoms with Crippen molar-refractivity contribution in [3.63, 3.8) is 0 Å². The van der Waals surface area contributed by atoms with E-state index < -0.39 is 0 Å². The van der Waals surface area contributed by atoms with E-state index in [1.54, 1.807) is 7.11 Å².